The fourth-order valence-corrected chi connectivity index (χ4v) is 2.49. The maximum atomic E-state index is 13.5. The van der Waals surface area contributed by atoms with E-state index in [-0.39, 0.29) is 11.5 Å². The van der Waals surface area contributed by atoms with Crippen LogP contribution in [0.4, 0.5) is 20.2 Å². The van der Waals surface area contributed by atoms with Crippen LogP contribution in [0, 0.1) is 17.0 Å². The van der Waals surface area contributed by atoms with Crippen molar-refractivity contribution in [2.24, 2.45) is 5.41 Å². The molecule has 1 aromatic rings. The second-order valence-corrected chi connectivity index (χ2v) is 6.72. The zero-order valence-corrected chi connectivity index (χ0v) is 12.3. The lowest BCUT2D eigenvalue weighted by molar-refractivity contribution is 0.411. The summed E-state index contributed by atoms with van der Waals surface area (Å²) in [4.78, 5) is 4.22. The molecule has 1 heterocycles. The van der Waals surface area contributed by atoms with Gasteiger partial charge in [-0.05, 0) is 19.3 Å². The van der Waals surface area contributed by atoms with Crippen LogP contribution in [0.2, 0.25) is 0 Å². The molecule has 4 heteroatoms. The Bertz CT molecular complexity index is 478. The second kappa shape index (κ2) is 4.66. The Kier molecular flexibility index (Phi) is 3.45. The lowest BCUT2D eigenvalue weighted by Gasteiger charge is -2.29. The molecule has 0 atom stereocenters. The molecule has 2 nitrogen and oxygen atoms in total. The van der Waals surface area contributed by atoms with Gasteiger partial charge in [-0.3, -0.25) is 0 Å². The molecule has 0 aromatic heterocycles. The van der Waals surface area contributed by atoms with Crippen LogP contribution in [-0.4, -0.2) is 19.3 Å². The highest BCUT2D eigenvalue weighted by Gasteiger charge is 2.31. The molecule has 0 spiro atoms. The number of hydrogen-bond acceptors (Lipinski definition) is 2. The first-order valence-electron chi connectivity index (χ1n) is 6.70. The molecule has 19 heavy (non-hydrogen) atoms. The van der Waals surface area contributed by atoms with Crippen molar-refractivity contribution in [3.8, 4) is 0 Å². The SMILES string of the molecule is CC(C)N1CN(CC(C)(C)C)c2cc(F)c(F)cc21. The van der Waals surface area contributed by atoms with E-state index < -0.39 is 11.6 Å². The standard InChI is InChI=1S/C15H22F2N2/c1-10(2)19-9-18(8-15(3,4)5)13-6-11(16)12(17)7-14(13)19/h6-7,10H,8-9H2,1-5H3. The molecule has 0 bridgehead atoms. The topological polar surface area (TPSA) is 6.48 Å². The number of nitrogens with zero attached hydrogens (tertiary/aromatic N) is 2. The van der Waals surface area contributed by atoms with Crippen molar-refractivity contribution in [1.82, 2.24) is 0 Å². The van der Waals surface area contributed by atoms with Crippen molar-refractivity contribution in [3.63, 3.8) is 0 Å². The predicted molar refractivity (Wildman–Crippen MR) is 75.6 cm³/mol. The second-order valence-electron chi connectivity index (χ2n) is 6.72. The number of benzene rings is 1. The van der Waals surface area contributed by atoms with Crippen molar-refractivity contribution < 1.29 is 8.78 Å². The molecule has 0 N–H and O–H groups in total. The molecule has 106 valence electrons. The summed E-state index contributed by atoms with van der Waals surface area (Å²) in [5.41, 5.74) is 1.69. The van der Waals surface area contributed by atoms with Crippen LogP contribution in [0.3, 0.4) is 0 Å². The Balaban J connectivity index is 2.41. The lowest BCUT2D eigenvalue weighted by atomic mass is 9.96. The number of halogens is 2. The molecule has 0 amide bonds. The third-order valence-electron chi connectivity index (χ3n) is 3.28. The van der Waals surface area contributed by atoms with E-state index in [1.165, 1.54) is 12.1 Å². The third kappa shape index (κ3) is 2.82. The van der Waals surface area contributed by atoms with E-state index in [1.54, 1.807) is 0 Å². The minimum Gasteiger partial charge on any atom is -0.352 e. The van der Waals surface area contributed by atoms with Crippen molar-refractivity contribution >= 4 is 11.4 Å². The Labute approximate surface area is 114 Å². The van der Waals surface area contributed by atoms with E-state index in [2.05, 4.69) is 44.4 Å². The van der Waals surface area contributed by atoms with Gasteiger partial charge < -0.3 is 9.80 Å². The average Bonchev–Trinajstić information content (AvgIpc) is 2.56. The van der Waals surface area contributed by atoms with Crippen molar-refractivity contribution in [1.29, 1.82) is 0 Å². The molecule has 2 rings (SSSR count). The summed E-state index contributed by atoms with van der Waals surface area (Å²) in [6.45, 7) is 12.1. The molecular weight excluding hydrogens is 246 g/mol. The summed E-state index contributed by atoms with van der Waals surface area (Å²) in [7, 11) is 0. The highest BCUT2D eigenvalue weighted by atomic mass is 19.2. The molecule has 0 fully saturated rings. The zero-order chi connectivity index (χ0) is 14.4. The predicted octanol–water partition coefficient (Wildman–Crippen LogP) is 4.00. The summed E-state index contributed by atoms with van der Waals surface area (Å²) in [5, 5.41) is 0. The Morgan fingerprint density at radius 2 is 1.63 bits per heavy atom. The minimum atomic E-state index is -0.776. The van der Waals surface area contributed by atoms with Crippen molar-refractivity contribution in [2.45, 2.75) is 40.7 Å². The van der Waals surface area contributed by atoms with Gasteiger partial charge in [0.25, 0.3) is 0 Å². The van der Waals surface area contributed by atoms with E-state index in [9.17, 15) is 8.78 Å². The number of hydrogen-bond donors (Lipinski definition) is 0. The molecular formula is C15H22F2N2. The molecule has 0 radical (unpaired) electrons. The van der Waals surface area contributed by atoms with Gasteiger partial charge in [0, 0.05) is 24.7 Å². The Hall–Kier alpha value is -1.32. The third-order valence-corrected chi connectivity index (χ3v) is 3.28. The van der Waals surface area contributed by atoms with Crippen LogP contribution >= 0.6 is 0 Å². The quantitative estimate of drug-likeness (QED) is 0.800. The fourth-order valence-electron chi connectivity index (χ4n) is 2.49. The van der Waals surface area contributed by atoms with Crippen LogP contribution < -0.4 is 9.80 Å². The highest BCUT2D eigenvalue weighted by molar-refractivity contribution is 5.76. The van der Waals surface area contributed by atoms with Gasteiger partial charge in [0.15, 0.2) is 11.6 Å². The average molecular weight is 268 g/mol. The smallest absolute Gasteiger partial charge is 0.161 e. The van der Waals surface area contributed by atoms with Gasteiger partial charge in [0.2, 0.25) is 0 Å². The van der Waals surface area contributed by atoms with E-state index in [0.717, 1.165) is 17.9 Å². The monoisotopic (exact) mass is 268 g/mol. The van der Waals surface area contributed by atoms with Gasteiger partial charge in [-0.15, -0.1) is 0 Å². The maximum absolute atomic E-state index is 13.5. The van der Waals surface area contributed by atoms with Gasteiger partial charge >= 0.3 is 0 Å². The van der Waals surface area contributed by atoms with Gasteiger partial charge in [-0.1, -0.05) is 20.8 Å². The van der Waals surface area contributed by atoms with Crippen LogP contribution in [0.25, 0.3) is 0 Å². The fraction of sp³-hybridized carbons (Fsp3) is 0.600. The number of anilines is 2. The normalized spacial score (nSPS) is 15.4. The maximum Gasteiger partial charge on any atom is 0.161 e. The molecule has 0 unspecified atom stereocenters. The summed E-state index contributed by atoms with van der Waals surface area (Å²) in [6.07, 6.45) is 0. The van der Waals surface area contributed by atoms with Crippen LogP contribution in [0.5, 0.6) is 0 Å². The first-order chi connectivity index (χ1) is 8.69. The van der Waals surface area contributed by atoms with Gasteiger partial charge in [-0.2, -0.15) is 0 Å². The van der Waals surface area contributed by atoms with Crippen LogP contribution in [0.15, 0.2) is 12.1 Å². The lowest BCUT2D eigenvalue weighted by Crippen LogP contribution is -2.39. The molecule has 1 aliphatic rings. The zero-order valence-electron chi connectivity index (χ0n) is 12.3. The van der Waals surface area contributed by atoms with Crippen LogP contribution in [-0.2, 0) is 0 Å². The summed E-state index contributed by atoms with van der Waals surface area (Å²) < 4.78 is 26.9. The van der Waals surface area contributed by atoms with E-state index in [0.29, 0.717) is 6.67 Å². The van der Waals surface area contributed by atoms with Crippen LogP contribution in [0.1, 0.15) is 34.6 Å². The summed E-state index contributed by atoms with van der Waals surface area (Å²) in [5.74, 6) is -1.55. The summed E-state index contributed by atoms with van der Waals surface area (Å²) in [6, 6.07) is 2.89. The first-order valence-corrected chi connectivity index (χ1v) is 6.70. The molecule has 0 saturated heterocycles. The minimum absolute atomic E-state index is 0.106. The van der Waals surface area contributed by atoms with E-state index in [1.807, 2.05) is 0 Å². The van der Waals surface area contributed by atoms with Crippen molar-refractivity contribution in [3.05, 3.63) is 23.8 Å². The van der Waals surface area contributed by atoms with E-state index >= 15 is 0 Å². The largest absolute Gasteiger partial charge is 0.352 e. The Morgan fingerprint density at radius 1 is 1.11 bits per heavy atom. The Morgan fingerprint density at radius 3 is 2.11 bits per heavy atom. The molecule has 0 saturated carbocycles. The number of fused-ring (bicyclic) bond motifs is 1. The van der Waals surface area contributed by atoms with Gasteiger partial charge in [0.1, 0.15) is 0 Å². The summed E-state index contributed by atoms with van der Waals surface area (Å²) >= 11 is 0. The van der Waals surface area contributed by atoms with Gasteiger partial charge in [0.05, 0.1) is 18.0 Å². The first kappa shape index (κ1) is 14.1. The molecule has 0 aliphatic carbocycles. The van der Waals surface area contributed by atoms with E-state index in [4.69, 9.17) is 0 Å². The molecule has 1 aromatic carbocycles. The highest BCUT2D eigenvalue weighted by Crippen LogP contribution is 2.39. The number of rotatable bonds is 2. The van der Waals surface area contributed by atoms with Gasteiger partial charge in [-0.25, -0.2) is 8.78 Å². The molecule has 1 aliphatic heterocycles. The van der Waals surface area contributed by atoms with Crippen molar-refractivity contribution in [2.75, 3.05) is 23.0 Å².